The Balaban J connectivity index is 1.84. The molecule has 0 N–H and O–H groups in total. The minimum Gasteiger partial charge on any atom is -0.493 e. The summed E-state index contributed by atoms with van der Waals surface area (Å²) in [4.78, 5) is 19.2. The average Bonchev–Trinajstić information content (AvgIpc) is 3.22. The lowest BCUT2D eigenvalue weighted by atomic mass is 10.1. The number of ether oxygens (including phenoxy) is 3. The molecule has 0 saturated carbocycles. The summed E-state index contributed by atoms with van der Waals surface area (Å²) in [7, 11) is 4.60. The normalized spacial score (nSPS) is 10.8. The van der Waals surface area contributed by atoms with Crippen molar-refractivity contribution in [1.82, 2.24) is 19.6 Å². The fourth-order valence-electron chi connectivity index (χ4n) is 3.10. The predicted octanol–water partition coefficient (Wildman–Crippen LogP) is 3.39. The first-order valence-electron chi connectivity index (χ1n) is 8.82. The molecule has 30 heavy (non-hydrogen) atoms. The molecule has 0 fully saturated rings. The molecule has 2 aromatic heterocycles. The van der Waals surface area contributed by atoms with Crippen LogP contribution in [-0.4, -0.2) is 45.8 Å². The zero-order valence-corrected chi connectivity index (χ0v) is 16.4. The van der Waals surface area contributed by atoms with Crippen LogP contribution in [-0.2, 0) is 0 Å². The van der Waals surface area contributed by atoms with E-state index in [1.54, 1.807) is 41.0 Å². The highest BCUT2D eigenvalue weighted by Crippen LogP contribution is 2.40. The molecule has 0 aliphatic heterocycles. The van der Waals surface area contributed by atoms with Crippen LogP contribution in [0.5, 0.6) is 17.2 Å². The number of hydrogen-bond donors (Lipinski definition) is 0. The molecule has 0 spiro atoms. The van der Waals surface area contributed by atoms with Gasteiger partial charge in [0, 0.05) is 29.5 Å². The summed E-state index contributed by atoms with van der Waals surface area (Å²) in [6.45, 7) is 0. The summed E-state index contributed by atoms with van der Waals surface area (Å²) < 4.78 is 17.7. The standard InChI is InChI=1S/C20H17N5O5/c1-28-16-10-13(11-17(29-2)18(16)30-3)19-22-20-21-9-8-15(24(20)23-19)12-4-6-14(7-5-12)25(26)27/h4-11H,1-3H3. The van der Waals surface area contributed by atoms with E-state index in [2.05, 4.69) is 15.1 Å². The van der Waals surface area contributed by atoms with E-state index < -0.39 is 4.92 Å². The SMILES string of the molecule is COc1cc(-c2nc3nccc(-c4ccc([N+](=O)[O-])cc4)n3n2)cc(OC)c1OC. The molecule has 0 unspecified atom stereocenters. The molecular formula is C20H17N5O5. The van der Waals surface area contributed by atoms with Gasteiger partial charge in [0.05, 0.1) is 31.9 Å². The van der Waals surface area contributed by atoms with Gasteiger partial charge in [0.1, 0.15) is 0 Å². The topological polar surface area (TPSA) is 114 Å². The lowest BCUT2D eigenvalue weighted by Crippen LogP contribution is -1.97. The van der Waals surface area contributed by atoms with Crippen LogP contribution in [0, 0.1) is 10.1 Å². The summed E-state index contributed by atoms with van der Waals surface area (Å²) >= 11 is 0. The van der Waals surface area contributed by atoms with Crippen molar-refractivity contribution in [3.63, 3.8) is 0 Å². The average molecular weight is 407 g/mol. The van der Waals surface area contributed by atoms with Crippen LogP contribution in [0.25, 0.3) is 28.4 Å². The quantitative estimate of drug-likeness (QED) is 0.353. The lowest BCUT2D eigenvalue weighted by molar-refractivity contribution is -0.384. The molecule has 0 bridgehead atoms. The van der Waals surface area contributed by atoms with Gasteiger partial charge in [-0.3, -0.25) is 10.1 Å². The van der Waals surface area contributed by atoms with E-state index in [4.69, 9.17) is 14.2 Å². The third-order valence-corrected chi connectivity index (χ3v) is 4.54. The Morgan fingerprint density at radius 2 is 1.60 bits per heavy atom. The summed E-state index contributed by atoms with van der Waals surface area (Å²) in [5, 5.41) is 15.5. The van der Waals surface area contributed by atoms with Crippen molar-refractivity contribution in [3.8, 4) is 39.9 Å². The van der Waals surface area contributed by atoms with Gasteiger partial charge in [-0.1, -0.05) is 0 Å². The largest absolute Gasteiger partial charge is 0.493 e. The zero-order chi connectivity index (χ0) is 21.3. The van der Waals surface area contributed by atoms with E-state index in [1.807, 2.05) is 0 Å². The first-order valence-corrected chi connectivity index (χ1v) is 8.82. The van der Waals surface area contributed by atoms with Gasteiger partial charge in [-0.25, -0.2) is 4.98 Å². The first-order chi connectivity index (χ1) is 14.5. The maximum Gasteiger partial charge on any atom is 0.269 e. The monoisotopic (exact) mass is 407 g/mol. The van der Waals surface area contributed by atoms with Gasteiger partial charge in [-0.2, -0.15) is 9.50 Å². The third kappa shape index (κ3) is 3.24. The number of rotatable bonds is 6. The molecule has 10 heteroatoms. The minimum absolute atomic E-state index is 0.0146. The number of methoxy groups -OCH3 is 3. The van der Waals surface area contributed by atoms with Crippen LogP contribution in [0.2, 0.25) is 0 Å². The van der Waals surface area contributed by atoms with Gasteiger partial charge in [-0.05, 0) is 30.3 Å². The summed E-state index contributed by atoms with van der Waals surface area (Å²) in [6, 6.07) is 11.5. The molecule has 10 nitrogen and oxygen atoms in total. The molecule has 4 rings (SSSR count). The highest BCUT2D eigenvalue weighted by Gasteiger charge is 2.18. The maximum absolute atomic E-state index is 10.9. The Kier molecular flexibility index (Phi) is 4.88. The van der Waals surface area contributed by atoms with Crippen molar-refractivity contribution in [3.05, 3.63) is 58.8 Å². The van der Waals surface area contributed by atoms with E-state index in [9.17, 15) is 10.1 Å². The molecule has 0 atom stereocenters. The van der Waals surface area contributed by atoms with Crippen molar-refractivity contribution in [1.29, 1.82) is 0 Å². The number of non-ortho nitro benzene ring substituents is 1. The van der Waals surface area contributed by atoms with Crippen LogP contribution >= 0.6 is 0 Å². The summed E-state index contributed by atoms with van der Waals surface area (Å²) in [6.07, 6.45) is 1.61. The Labute approximate surface area is 170 Å². The van der Waals surface area contributed by atoms with Crippen molar-refractivity contribution in [2.24, 2.45) is 0 Å². The summed E-state index contributed by atoms with van der Waals surface area (Å²) in [5.41, 5.74) is 2.11. The van der Waals surface area contributed by atoms with Crippen LogP contribution in [0.1, 0.15) is 0 Å². The highest BCUT2D eigenvalue weighted by atomic mass is 16.6. The molecule has 0 saturated heterocycles. The molecule has 0 amide bonds. The van der Waals surface area contributed by atoms with E-state index in [1.165, 1.54) is 33.5 Å². The molecule has 0 aliphatic rings. The van der Waals surface area contributed by atoms with Gasteiger partial charge < -0.3 is 14.2 Å². The number of aromatic nitrogens is 4. The second kappa shape index (κ2) is 7.66. The Morgan fingerprint density at radius 1 is 0.933 bits per heavy atom. The molecule has 0 radical (unpaired) electrons. The Hall–Kier alpha value is -4.21. The van der Waals surface area contributed by atoms with Crippen LogP contribution < -0.4 is 14.2 Å². The molecule has 0 aliphatic carbocycles. The minimum atomic E-state index is -0.441. The predicted molar refractivity (Wildman–Crippen MR) is 108 cm³/mol. The lowest BCUT2D eigenvalue weighted by Gasteiger charge is -2.12. The van der Waals surface area contributed by atoms with Crippen molar-refractivity contribution in [2.45, 2.75) is 0 Å². The number of nitro groups is 1. The zero-order valence-electron chi connectivity index (χ0n) is 16.4. The number of nitrogens with zero attached hydrogens (tertiary/aromatic N) is 5. The van der Waals surface area contributed by atoms with Crippen molar-refractivity contribution >= 4 is 11.5 Å². The van der Waals surface area contributed by atoms with Crippen molar-refractivity contribution in [2.75, 3.05) is 21.3 Å². The van der Waals surface area contributed by atoms with E-state index in [0.717, 1.165) is 5.56 Å². The fraction of sp³-hybridized carbons (Fsp3) is 0.150. The smallest absolute Gasteiger partial charge is 0.269 e. The second-order valence-corrected chi connectivity index (χ2v) is 6.20. The molecule has 152 valence electrons. The number of nitro benzene ring substituents is 1. The van der Waals surface area contributed by atoms with Crippen LogP contribution in [0.15, 0.2) is 48.7 Å². The number of fused-ring (bicyclic) bond motifs is 1. The maximum atomic E-state index is 10.9. The third-order valence-electron chi connectivity index (χ3n) is 4.54. The van der Waals surface area contributed by atoms with Gasteiger partial charge in [-0.15, -0.1) is 5.10 Å². The van der Waals surface area contributed by atoms with Crippen molar-refractivity contribution < 1.29 is 19.1 Å². The van der Waals surface area contributed by atoms with E-state index in [0.29, 0.717) is 40.1 Å². The molecule has 2 heterocycles. The van der Waals surface area contributed by atoms with Gasteiger partial charge >= 0.3 is 0 Å². The molecule has 2 aromatic carbocycles. The Morgan fingerprint density at radius 3 is 2.17 bits per heavy atom. The van der Waals surface area contributed by atoms with Crippen LogP contribution in [0.4, 0.5) is 5.69 Å². The number of benzene rings is 2. The first kappa shape index (κ1) is 19.1. The molecule has 4 aromatic rings. The summed E-state index contributed by atoms with van der Waals surface area (Å²) in [5.74, 6) is 2.23. The Bertz CT molecular complexity index is 1210. The number of hydrogen-bond acceptors (Lipinski definition) is 8. The van der Waals surface area contributed by atoms with Gasteiger partial charge in [0.25, 0.3) is 11.5 Å². The van der Waals surface area contributed by atoms with E-state index in [-0.39, 0.29) is 5.69 Å². The van der Waals surface area contributed by atoms with E-state index >= 15 is 0 Å². The molecular weight excluding hydrogens is 390 g/mol. The van der Waals surface area contributed by atoms with Gasteiger partial charge in [0.2, 0.25) is 5.75 Å². The second-order valence-electron chi connectivity index (χ2n) is 6.20. The fourth-order valence-corrected chi connectivity index (χ4v) is 3.10. The van der Waals surface area contributed by atoms with Gasteiger partial charge in [0.15, 0.2) is 17.3 Å². The highest BCUT2D eigenvalue weighted by molar-refractivity contribution is 5.69. The van der Waals surface area contributed by atoms with Crippen LogP contribution in [0.3, 0.4) is 0 Å².